The summed E-state index contributed by atoms with van der Waals surface area (Å²) in [5.74, 6) is 1.48. The summed E-state index contributed by atoms with van der Waals surface area (Å²) >= 11 is 0. The normalized spacial score (nSPS) is 17.1. The van der Waals surface area contributed by atoms with Crippen LogP contribution in [0.25, 0.3) is 0 Å². The second-order valence-corrected chi connectivity index (χ2v) is 5.08. The zero-order valence-corrected chi connectivity index (χ0v) is 10.7. The van der Waals surface area contributed by atoms with E-state index < -0.39 is 0 Å². The van der Waals surface area contributed by atoms with E-state index in [4.69, 9.17) is 4.42 Å². The fourth-order valence-corrected chi connectivity index (χ4v) is 2.65. The lowest BCUT2D eigenvalue weighted by Crippen LogP contribution is -2.32. The Morgan fingerprint density at radius 1 is 1.41 bits per heavy atom. The van der Waals surface area contributed by atoms with Gasteiger partial charge in [-0.15, -0.1) is 0 Å². The Morgan fingerprint density at radius 2 is 2.12 bits per heavy atom. The minimum Gasteiger partial charge on any atom is -0.469 e. The van der Waals surface area contributed by atoms with Gasteiger partial charge in [-0.05, 0) is 31.7 Å². The molecular weight excluding hydrogens is 214 g/mol. The van der Waals surface area contributed by atoms with E-state index in [-0.39, 0.29) is 5.91 Å². The molecule has 1 aromatic heterocycles. The van der Waals surface area contributed by atoms with Crippen LogP contribution in [0.5, 0.6) is 0 Å². The maximum absolute atomic E-state index is 12.2. The maximum atomic E-state index is 12.2. The molecule has 1 aliphatic rings. The van der Waals surface area contributed by atoms with Crippen LogP contribution in [0.15, 0.2) is 16.7 Å². The predicted octanol–water partition coefficient (Wildman–Crippen LogP) is 3.24. The third-order valence-electron chi connectivity index (χ3n) is 3.69. The Hall–Kier alpha value is -1.25. The molecule has 0 aromatic carbocycles. The molecule has 0 N–H and O–H groups in total. The van der Waals surface area contributed by atoms with Gasteiger partial charge in [0.2, 0.25) is 0 Å². The lowest BCUT2D eigenvalue weighted by molar-refractivity contribution is 0.0759. The van der Waals surface area contributed by atoms with Gasteiger partial charge in [0.25, 0.3) is 5.91 Å². The van der Waals surface area contributed by atoms with Crippen LogP contribution in [0, 0.1) is 12.8 Å². The van der Waals surface area contributed by atoms with Crippen molar-refractivity contribution in [2.24, 2.45) is 5.92 Å². The molecule has 2 rings (SSSR count). The molecule has 0 radical (unpaired) electrons. The van der Waals surface area contributed by atoms with Gasteiger partial charge >= 0.3 is 0 Å². The van der Waals surface area contributed by atoms with Crippen LogP contribution in [0.2, 0.25) is 0 Å². The van der Waals surface area contributed by atoms with Crippen molar-refractivity contribution in [1.82, 2.24) is 4.90 Å². The summed E-state index contributed by atoms with van der Waals surface area (Å²) in [6.07, 6.45) is 8.10. The van der Waals surface area contributed by atoms with Crippen molar-refractivity contribution in [3.8, 4) is 0 Å². The molecule has 1 aromatic rings. The number of hydrogen-bond acceptors (Lipinski definition) is 2. The number of amides is 1. The summed E-state index contributed by atoms with van der Waals surface area (Å²) < 4.78 is 5.18. The van der Waals surface area contributed by atoms with E-state index in [1.807, 2.05) is 18.9 Å². The molecule has 94 valence electrons. The van der Waals surface area contributed by atoms with Crippen LogP contribution in [0.1, 0.15) is 48.2 Å². The highest BCUT2D eigenvalue weighted by atomic mass is 16.3. The summed E-state index contributed by atoms with van der Waals surface area (Å²) in [7, 11) is 1.89. The Kier molecular flexibility index (Phi) is 3.87. The zero-order valence-electron chi connectivity index (χ0n) is 10.7. The van der Waals surface area contributed by atoms with Crippen molar-refractivity contribution in [3.05, 3.63) is 23.7 Å². The van der Waals surface area contributed by atoms with Crippen LogP contribution in [-0.4, -0.2) is 24.4 Å². The lowest BCUT2D eigenvalue weighted by atomic mass is 9.89. The van der Waals surface area contributed by atoms with E-state index in [2.05, 4.69) is 0 Å². The van der Waals surface area contributed by atoms with E-state index in [1.54, 1.807) is 12.3 Å². The van der Waals surface area contributed by atoms with Crippen LogP contribution in [0.3, 0.4) is 0 Å². The number of hydrogen-bond donors (Lipinski definition) is 0. The lowest BCUT2D eigenvalue weighted by Gasteiger charge is -2.26. The first-order valence-electron chi connectivity index (χ1n) is 6.48. The average Bonchev–Trinajstić information content (AvgIpc) is 2.76. The number of carbonyl (C=O) groups excluding carboxylic acids is 1. The number of rotatable bonds is 3. The molecule has 0 spiro atoms. The van der Waals surface area contributed by atoms with E-state index in [0.29, 0.717) is 17.2 Å². The fourth-order valence-electron chi connectivity index (χ4n) is 2.65. The topological polar surface area (TPSA) is 33.5 Å². The summed E-state index contributed by atoms with van der Waals surface area (Å²) in [5, 5.41) is 0. The first kappa shape index (κ1) is 12.2. The van der Waals surface area contributed by atoms with Gasteiger partial charge in [0.1, 0.15) is 5.76 Å². The first-order valence-corrected chi connectivity index (χ1v) is 6.48. The van der Waals surface area contributed by atoms with E-state index in [1.165, 1.54) is 32.1 Å². The summed E-state index contributed by atoms with van der Waals surface area (Å²) in [6.45, 7) is 2.71. The molecule has 0 atom stereocenters. The Balaban J connectivity index is 1.93. The van der Waals surface area contributed by atoms with Crippen LogP contribution >= 0.6 is 0 Å². The smallest absolute Gasteiger partial charge is 0.257 e. The summed E-state index contributed by atoms with van der Waals surface area (Å²) in [4.78, 5) is 14.0. The van der Waals surface area contributed by atoms with Crippen molar-refractivity contribution >= 4 is 5.91 Å². The quantitative estimate of drug-likeness (QED) is 0.805. The van der Waals surface area contributed by atoms with E-state index >= 15 is 0 Å². The third-order valence-corrected chi connectivity index (χ3v) is 3.69. The minimum absolute atomic E-state index is 0.0850. The second kappa shape index (κ2) is 5.39. The molecule has 1 amide bonds. The van der Waals surface area contributed by atoms with Crippen molar-refractivity contribution in [3.63, 3.8) is 0 Å². The van der Waals surface area contributed by atoms with Gasteiger partial charge in [0, 0.05) is 13.6 Å². The molecule has 0 aliphatic heterocycles. The highest BCUT2D eigenvalue weighted by Crippen LogP contribution is 2.24. The molecule has 0 saturated heterocycles. The van der Waals surface area contributed by atoms with Gasteiger partial charge in [-0.3, -0.25) is 4.79 Å². The van der Waals surface area contributed by atoms with Gasteiger partial charge in [-0.2, -0.15) is 0 Å². The second-order valence-electron chi connectivity index (χ2n) is 5.08. The molecule has 0 unspecified atom stereocenters. The number of furan rings is 1. The van der Waals surface area contributed by atoms with Gasteiger partial charge in [-0.1, -0.05) is 19.3 Å². The summed E-state index contributed by atoms with van der Waals surface area (Å²) in [5.41, 5.74) is 0.698. The Labute approximate surface area is 103 Å². The van der Waals surface area contributed by atoms with Crippen molar-refractivity contribution < 1.29 is 9.21 Å². The van der Waals surface area contributed by atoms with Gasteiger partial charge in [0.15, 0.2) is 0 Å². The molecular formula is C14H21NO2. The van der Waals surface area contributed by atoms with Crippen LogP contribution in [-0.2, 0) is 0 Å². The Morgan fingerprint density at radius 3 is 2.71 bits per heavy atom. The average molecular weight is 235 g/mol. The maximum Gasteiger partial charge on any atom is 0.257 e. The van der Waals surface area contributed by atoms with Crippen LogP contribution in [0.4, 0.5) is 0 Å². The molecule has 17 heavy (non-hydrogen) atoms. The molecule has 1 fully saturated rings. The van der Waals surface area contributed by atoms with Gasteiger partial charge in [-0.25, -0.2) is 0 Å². The fraction of sp³-hybridized carbons (Fsp3) is 0.643. The van der Waals surface area contributed by atoms with Crippen molar-refractivity contribution in [1.29, 1.82) is 0 Å². The van der Waals surface area contributed by atoms with Crippen LogP contribution < -0.4 is 0 Å². The number of carbonyl (C=O) groups is 1. The zero-order chi connectivity index (χ0) is 12.3. The standard InChI is InChI=1S/C14H21NO2/c1-11-13(8-9-17-11)14(16)15(2)10-12-6-4-3-5-7-12/h8-9,12H,3-7,10H2,1-2H3. The molecule has 1 saturated carbocycles. The van der Waals surface area contributed by atoms with Crippen molar-refractivity contribution in [2.45, 2.75) is 39.0 Å². The summed E-state index contributed by atoms with van der Waals surface area (Å²) in [6, 6.07) is 1.76. The molecule has 0 bridgehead atoms. The highest BCUT2D eigenvalue weighted by Gasteiger charge is 2.20. The molecule has 1 heterocycles. The van der Waals surface area contributed by atoms with E-state index in [0.717, 1.165) is 6.54 Å². The minimum atomic E-state index is 0.0850. The SMILES string of the molecule is Cc1occc1C(=O)N(C)CC1CCCCC1. The first-order chi connectivity index (χ1) is 8.18. The predicted molar refractivity (Wildman–Crippen MR) is 67.0 cm³/mol. The third kappa shape index (κ3) is 2.90. The van der Waals surface area contributed by atoms with Crippen molar-refractivity contribution in [2.75, 3.05) is 13.6 Å². The van der Waals surface area contributed by atoms with Gasteiger partial charge < -0.3 is 9.32 Å². The number of aryl methyl sites for hydroxylation is 1. The molecule has 3 nitrogen and oxygen atoms in total. The van der Waals surface area contributed by atoms with E-state index in [9.17, 15) is 4.79 Å². The highest BCUT2D eigenvalue weighted by molar-refractivity contribution is 5.94. The Bertz CT molecular complexity index is 377. The van der Waals surface area contributed by atoms with Gasteiger partial charge in [0.05, 0.1) is 11.8 Å². The largest absolute Gasteiger partial charge is 0.469 e. The molecule has 1 aliphatic carbocycles. The monoisotopic (exact) mass is 235 g/mol. The molecule has 3 heteroatoms. The number of nitrogens with zero attached hydrogens (tertiary/aromatic N) is 1.